The summed E-state index contributed by atoms with van der Waals surface area (Å²) >= 11 is 0. The van der Waals surface area contributed by atoms with E-state index in [1.807, 2.05) is 24.3 Å². The van der Waals surface area contributed by atoms with Gasteiger partial charge in [0.05, 0.1) is 0 Å². The predicted molar refractivity (Wildman–Crippen MR) is 70.2 cm³/mol. The van der Waals surface area contributed by atoms with E-state index in [4.69, 9.17) is 5.11 Å². The van der Waals surface area contributed by atoms with Crippen molar-refractivity contribution >= 4 is 22.7 Å². The Hall–Kier alpha value is -2.34. The minimum Gasteiger partial charge on any atom is -0.383 e. The van der Waals surface area contributed by atoms with Gasteiger partial charge in [0.25, 0.3) is 11.8 Å². The maximum Gasteiger partial charge on any atom is 0.286 e. The molecule has 19 heavy (non-hydrogen) atoms. The molecule has 0 saturated carbocycles. The van der Waals surface area contributed by atoms with Gasteiger partial charge in [0.2, 0.25) is 0 Å². The highest BCUT2D eigenvalue weighted by molar-refractivity contribution is 5.99. The Morgan fingerprint density at radius 1 is 1.26 bits per heavy atom. The summed E-state index contributed by atoms with van der Waals surface area (Å²) < 4.78 is 1.74. The Morgan fingerprint density at radius 3 is 2.58 bits per heavy atom. The molecule has 2 amide bonds. The molecule has 0 aliphatic rings. The van der Waals surface area contributed by atoms with Gasteiger partial charge in [-0.15, -0.1) is 0 Å². The second-order valence-corrected chi connectivity index (χ2v) is 4.27. The third-order valence-electron chi connectivity index (χ3n) is 2.86. The van der Waals surface area contributed by atoms with Crippen molar-refractivity contribution in [1.82, 2.24) is 15.4 Å². The number of hydrogen-bond donors (Lipinski definition) is 3. The summed E-state index contributed by atoms with van der Waals surface area (Å²) in [5.74, 6) is -1.10. The highest BCUT2D eigenvalue weighted by atomic mass is 16.3. The maximum atomic E-state index is 11.9. The van der Waals surface area contributed by atoms with Crippen LogP contribution in [-0.2, 0) is 11.8 Å². The smallest absolute Gasteiger partial charge is 0.286 e. The van der Waals surface area contributed by atoms with Gasteiger partial charge in [0, 0.05) is 18.0 Å². The topological polar surface area (TPSA) is 83.4 Å². The lowest BCUT2D eigenvalue weighted by Gasteiger charge is -2.09. The molecule has 6 heteroatoms. The van der Waals surface area contributed by atoms with E-state index in [-0.39, 0.29) is 0 Å². The van der Waals surface area contributed by atoms with E-state index in [1.165, 1.54) is 6.92 Å². The molecule has 2 aromatic rings. The molecule has 1 atom stereocenters. The van der Waals surface area contributed by atoms with Crippen LogP contribution in [0.4, 0.5) is 0 Å². The molecule has 6 nitrogen and oxygen atoms in total. The van der Waals surface area contributed by atoms with E-state index in [0.29, 0.717) is 5.69 Å². The van der Waals surface area contributed by atoms with Crippen LogP contribution in [0.1, 0.15) is 17.4 Å². The van der Waals surface area contributed by atoms with Crippen molar-refractivity contribution < 1.29 is 14.7 Å². The first-order chi connectivity index (χ1) is 9.00. The monoisotopic (exact) mass is 261 g/mol. The maximum absolute atomic E-state index is 11.9. The van der Waals surface area contributed by atoms with Gasteiger partial charge < -0.3 is 9.67 Å². The standard InChI is InChI=1S/C13H15N3O3/c1-8(17)12(18)14-15-13(19)11-7-9-5-3-4-6-10(9)16(11)2/h3-8,17H,1-2H3,(H,14,18)(H,15,19). The van der Waals surface area contributed by atoms with Gasteiger partial charge in [0.15, 0.2) is 0 Å². The molecule has 0 saturated heterocycles. The van der Waals surface area contributed by atoms with Crippen LogP contribution in [0.5, 0.6) is 0 Å². The van der Waals surface area contributed by atoms with E-state index in [0.717, 1.165) is 10.9 Å². The molecule has 3 N–H and O–H groups in total. The quantitative estimate of drug-likeness (QED) is 0.681. The summed E-state index contributed by atoms with van der Waals surface area (Å²) in [4.78, 5) is 23.1. The molecule has 1 heterocycles. The van der Waals surface area contributed by atoms with Crippen LogP contribution in [-0.4, -0.2) is 27.6 Å². The van der Waals surface area contributed by atoms with Crippen LogP contribution in [0.25, 0.3) is 10.9 Å². The SMILES string of the molecule is CC(O)C(=O)NNC(=O)c1cc2ccccc2n1C. The Morgan fingerprint density at radius 2 is 1.95 bits per heavy atom. The van der Waals surface area contributed by atoms with Crippen LogP contribution in [0.15, 0.2) is 30.3 Å². The average molecular weight is 261 g/mol. The number of carbonyl (C=O) groups excluding carboxylic acids is 2. The average Bonchev–Trinajstić information content (AvgIpc) is 2.73. The van der Waals surface area contributed by atoms with Crippen molar-refractivity contribution in [1.29, 1.82) is 0 Å². The van der Waals surface area contributed by atoms with E-state index in [2.05, 4.69) is 10.9 Å². The van der Waals surface area contributed by atoms with Crippen molar-refractivity contribution in [3.63, 3.8) is 0 Å². The van der Waals surface area contributed by atoms with Crippen LogP contribution in [0.2, 0.25) is 0 Å². The molecule has 2 rings (SSSR count). The zero-order valence-electron chi connectivity index (χ0n) is 10.7. The summed E-state index contributed by atoms with van der Waals surface area (Å²) in [6.07, 6.45) is -1.17. The molecule has 1 unspecified atom stereocenters. The number of hydrazine groups is 1. The molecule has 0 aliphatic carbocycles. The number of benzene rings is 1. The Balaban J connectivity index is 2.18. The molecular weight excluding hydrogens is 246 g/mol. The number of carbonyl (C=O) groups is 2. The largest absolute Gasteiger partial charge is 0.383 e. The van der Waals surface area contributed by atoms with Crippen molar-refractivity contribution in [2.75, 3.05) is 0 Å². The first kappa shape index (κ1) is 13.1. The Bertz CT molecular complexity index is 631. The predicted octanol–water partition coefficient (Wildman–Crippen LogP) is 0.320. The molecular formula is C13H15N3O3. The second-order valence-electron chi connectivity index (χ2n) is 4.27. The first-order valence-corrected chi connectivity index (χ1v) is 5.83. The first-order valence-electron chi connectivity index (χ1n) is 5.83. The number of para-hydroxylation sites is 1. The summed E-state index contributed by atoms with van der Waals surface area (Å²) in [7, 11) is 1.77. The van der Waals surface area contributed by atoms with E-state index >= 15 is 0 Å². The fourth-order valence-electron chi connectivity index (χ4n) is 1.79. The van der Waals surface area contributed by atoms with Gasteiger partial charge in [-0.1, -0.05) is 18.2 Å². The van der Waals surface area contributed by atoms with Crippen molar-refractivity contribution in [2.24, 2.45) is 7.05 Å². The zero-order valence-corrected chi connectivity index (χ0v) is 10.7. The molecule has 1 aromatic heterocycles. The van der Waals surface area contributed by atoms with Gasteiger partial charge in [0.1, 0.15) is 11.8 Å². The van der Waals surface area contributed by atoms with E-state index in [9.17, 15) is 9.59 Å². The van der Waals surface area contributed by atoms with Crippen LogP contribution in [0.3, 0.4) is 0 Å². The molecule has 0 spiro atoms. The lowest BCUT2D eigenvalue weighted by Crippen LogP contribution is -2.46. The lowest BCUT2D eigenvalue weighted by molar-refractivity contribution is -0.129. The Kier molecular flexibility index (Phi) is 3.52. The van der Waals surface area contributed by atoms with Crippen LogP contribution < -0.4 is 10.9 Å². The fourth-order valence-corrected chi connectivity index (χ4v) is 1.79. The third-order valence-corrected chi connectivity index (χ3v) is 2.86. The second kappa shape index (κ2) is 5.11. The lowest BCUT2D eigenvalue weighted by atomic mass is 10.2. The number of aliphatic hydroxyl groups is 1. The number of nitrogens with one attached hydrogen (secondary N) is 2. The highest BCUT2D eigenvalue weighted by Crippen LogP contribution is 2.17. The molecule has 0 radical (unpaired) electrons. The number of hydrogen-bond acceptors (Lipinski definition) is 3. The minimum absolute atomic E-state index is 0.423. The van der Waals surface area contributed by atoms with Crippen molar-refractivity contribution in [3.05, 3.63) is 36.0 Å². The zero-order chi connectivity index (χ0) is 14.0. The summed E-state index contributed by atoms with van der Waals surface area (Å²) in [6, 6.07) is 9.32. The minimum atomic E-state index is -1.17. The van der Waals surface area contributed by atoms with Crippen LogP contribution >= 0.6 is 0 Å². The van der Waals surface area contributed by atoms with Crippen molar-refractivity contribution in [3.8, 4) is 0 Å². The molecule has 0 aliphatic heterocycles. The van der Waals surface area contributed by atoms with Gasteiger partial charge >= 0.3 is 0 Å². The number of aromatic nitrogens is 1. The summed E-state index contributed by atoms with van der Waals surface area (Å²) in [6.45, 7) is 1.32. The summed E-state index contributed by atoms with van der Waals surface area (Å²) in [5, 5.41) is 9.95. The van der Waals surface area contributed by atoms with E-state index < -0.39 is 17.9 Å². The van der Waals surface area contributed by atoms with Gasteiger partial charge in [-0.25, -0.2) is 0 Å². The summed E-state index contributed by atoms with van der Waals surface area (Å²) in [5.41, 5.74) is 5.76. The van der Waals surface area contributed by atoms with Gasteiger partial charge in [-0.2, -0.15) is 0 Å². The molecule has 0 bridgehead atoms. The number of aryl methyl sites for hydroxylation is 1. The molecule has 1 aromatic carbocycles. The molecule has 0 fully saturated rings. The number of fused-ring (bicyclic) bond motifs is 1. The van der Waals surface area contributed by atoms with E-state index in [1.54, 1.807) is 17.7 Å². The number of nitrogens with zero attached hydrogens (tertiary/aromatic N) is 1. The highest BCUT2D eigenvalue weighted by Gasteiger charge is 2.15. The normalized spacial score (nSPS) is 12.2. The van der Waals surface area contributed by atoms with Crippen LogP contribution in [0, 0.1) is 0 Å². The number of rotatable bonds is 2. The van der Waals surface area contributed by atoms with Crippen molar-refractivity contribution in [2.45, 2.75) is 13.0 Å². The molecule has 100 valence electrons. The third kappa shape index (κ3) is 2.58. The number of amides is 2. The van der Waals surface area contributed by atoms with Gasteiger partial charge in [-0.3, -0.25) is 20.4 Å². The Labute approximate surface area is 110 Å². The fraction of sp³-hybridized carbons (Fsp3) is 0.231. The van der Waals surface area contributed by atoms with Gasteiger partial charge in [-0.05, 0) is 19.1 Å². The number of aliphatic hydroxyl groups excluding tert-OH is 1.